The van der Waals surface area contributed by atoms with Crippen molar-refractivity contribution in [2.45, 2.75) is 25.3 Å². The molecule has 126 valence electrons. The van der Waals surface area contributed by atoms with E-state index in [9.17, 15) is 9.18 Å². The molecule has 1 atom stereocenters. The van der Waals surface area contributed by atoms with Crippen molar-refractivity contribution in [3.8, 4) is 0 Å². The van der Waals surface area contributed by atoms with Crippen molar-refractivity contribution in [1.82, 2.24) is 0 Å². The molecule has 1 heterocycles. The van der Waals surface area contributed by atoms with Crippen LogP contribution in [0.25, 0.3) is 0 Å². The van der Waals surface area contributed by atoms with Gasteiger partial charge in [0.25, 0.3) is 0 Å². The van der Waals surface area contributed by atoms with E-state index in [4.69, 9.17) is 5.73 Å². The minimum absolute atomic E-state index is 0.109. The zero-order valence-corrected chi connectivity index (χ0v) is 13.5. The second kappa shape index (κ2) is 7.45. The summed E-state index contributed by atoms with van der Waals surface area (Å²) in [5.41, 5.74) is 7.97. The molecule has 1 aliphatic heterocycles. The minimum atomic E-state index is -0.416. The highest BCUT2D eigenvalue weighted by molar-refractivity contribution is 5.95. The molecule has 1 aliphatic rings. The number of carbonyl (C=O) groups excluding carboxylic acids is 1. The molecule has 2 aromatic rings. The highest BCUT2D eigenvalue weighted by atomic mass is 19.1. The molecule has 0 bridgehead atoms. The minimum Gasteiger partial charge on any atom is -0.370 e. The maximum atomic E-state index is 14.3. The molecule has 1 unspecified atom stereocenters. The Morgan fingerprint density at radius 1 is 1.12 bits per heavy atom. The maximum Gasteiger partial charge on any atom is 0.226 e. The lowest BCUT2D eigenvalue weighted by molar-refractivity contribution is -0.116. The lowest BCUT2D eigenvalue weighted by atomic mass is 10.0. The number of nitrogens with one attached hydrogen (secondary N) is 1. The van der Waals surface area contributed by atoms with E-state index >= 15 is 0 Å². The number of carbonyl (C=O) groups is 1. The summed E-state index contributed by atoms with van der Waals surface area (Å²) in [4.78, 5) is 14.4. The quantitative estimate of drug-likeness (QED) is 0.884. The van der Waals surface area contributed by atoms with Crippen LogP contribution in [0.15, 0.2) is 48.5 Å². The first-order chi connectivity index (χ1) is 11.6. The normalized spacial score (nSPS) is 15.3. The van der Waals surface area contributed by atoms with Crippen LogP contribution in [0.4, 0.5) is 15.8 Å². The summed E-state index contributed by atoms with van der Waals surface area (Å²) in [6.07, 6.45) is 2.28. The van der Waals surface area contributed by atoms with Gasteiger partial charge in [-0.05, 0) is 30.5 Å². The Morgan fingerprint density at radius 3 is 2.54 bits per heavy atom. The average Bonchev–Trinajstić information content (AvgIpc) is 3.12. The standard InChI is InChI=1S/C19H22FN3O/c20-15-9-6-10-17(23-11-4-5-12-23)19(15)22-18(24)13-16(21)14-7-2-1-3-8-14/h1-3,6-10,16H,4-5,11-13,21H2,(H,22,24). The van der Waals surface area contributed by atoms with E-state index in [0.717, 1.165) is 37.2 Å². The van der Waals surface area contributed by atoms with Gasteiger partial charge >= 0.3 is 0 Å². The number of halogens is 1. The predicted octanol–water partition coefficient (Wildman–Crippen LogP) is 3.45. The van der Waals surface area contributed by atoms with E-state index < -0.39 is 11.9 Å². The van der Waals surface area contributed by atoms with E-state index in [1.54, 1.807) is 6.07 Å². The molecule has 1 amide bonds. The largest absolute Gasteiger partial charge is 0.370 e. The average molecular weight is 327 g/mol. The van der Waals surface area contributed by atoms with Crippen LogP contribution < -0.4 is 16.0 Å². The Labute approximate surface area is 141 Å². The van der Waals surface area contributed by atoms with Crippen LogP contribution in [0, 0.1) is 5.82 Å². The van der Waals surface area contributed by atoms with Gasteiger partial charge in [0.15, 0.2) is 0 Å². The lowest BCUT2D eigenvalue weighted by Gasteiger charge is -2.22. The SMILES string of the molecule is NC(CC(=O)Nc1c(F)cccc1N1CCCC1)c1ccccc1. The first-order valence-electron chi connectivity index (χ1n) is 8.29. The van der Waals surface area contributed by atoms with Crippen molar-refractivity contribution in [1.29, 1.82) is 0 Å². The molecule has 3 N–H and O–H groups in total. The maximum absolute atomic E-state index is 14.3. The number of hydrogen-bond acceptors (Lipinski definition) is 3. The van der Waals surface area contributed by atoms with Gasteiger partial charge in [0, 0.05) is 25.6 Å². The smallest absolute Gasteiger partial charge is 0.226 e. The molecular weight excluding hydrogens is 305 g/mol. The topological polar surface area (TPSA) is 58.4 Å². The molecule has 0 saturated carbocycles. The Morgan fingerprint density at radius 2 is 1.83 bits per heavy atom. The summed E-state index contributed by atoms with van der Waals surface area (Å²) >= 11 is 0. The van der Waals surface area contributed by atoms with Crippen molar-refractivity contribution < 1.29 is 9.18 Å². The molecule has 0 spiro atoms. The fourth-order valence-corrected chi connectivity index (χ4v) is 3.07. The third-order valence-electron chi connectivity index (χ3n) is 4.34. The van der Waals surface area contributed by atoms with Crippen LogP contribution in [0.2, 0.25) is 0 Å². The van der Waals surface area contributed by atoms with Gasteiger partial charge in [-0.3, -0.25) is 4.79 Å². The molecule has 0 aromatic heterocycles. The monoisotopic (exact) mass is 327 g/mol. The summed E-state index contributed by atoms with van der Waals surface area (Å²) in [5.74, 6) is -0.696. The van der Waals surface area contributed by atoms with Crippen molar-refractivity contribution in [2.75, 3.05) is 23.3 Å². The molecule has 0 aliphatic carbocycles. The number of nitrogens with zero attached hydrogens (tertiary/aromatic N) is 1. The third-order valence-corrected chi connectivity index (χ3v) is 4.34. The molecule has 4 nitrogen and oxygen atoms in total. The van der Waals surface area contributed by atoms with Crippen molar-refractivity contribution in [3.05, 3.63) is 59.9 Å². The van der Waals surface area contributed by atoms with Gasteiger partial charge in [-0.1, -0.05) is 36.4 Å². The van der Waals surface area contributed by atoms with Gasteiger partial charge in [0.05, 0.1) is 5.69 Å². The molecule has 2 aromatic carbocycles. The summed E-state index contributed by atoms with van der Waals surface area (Å²) in [5, 5.41) is 2.72. The van der Waals surface area contributed by atoms with Gasteiger partial charge in [-0.25, -0.2) is 4.39 Å². The second-order valence-corrected chi connectivity index (χ2v) is 6.10. The zero-order chi connectivity index (χ0) is 16.9. The summed E-state index contributed by atoms with van der Waals surface area (Å²) in [7, 11) is 0. The van der Waals surface area contributed by atoms with Crippen molar-refractivity contribution >= 4 is 17.3 Å². The van der Waals surface area contributed by atoms with Crippen LogP contribution in [-0.2, 0) is 4.79 Å². The Hall–Kier alpha value is -2.40. The van der Waals surface area contributed by atoms with Crippen molar-refractivity contribution in [3.63, 3.8) is 0 Å². The van der Waals surface area contributed by atoms with Crippen LogP contribution in [-0.4, -0.2) is 19.0 Å². The van der Waals surface area contributed by atoms with Gasteiger partial charge in [0.2, 0.25) is 5.91 Å². The first-order valence-corrected chi connectivity index (χ1v) is 8.29. The molecule has 5 heteroatoms. The fourth-order valence-electron chi connectivity index (χ4n) is 3.07. The van der Waals surface area contributed by atoms with Gasteiger partial charge < -0.3 is 16.0 Å². The highest BCUT2D eigenvalue weighted by Crippen LogP contribution is 2.31. The molecular formula is C19H22FN3O. The Kier molecular flexibility index (Phi) is 5.11. The number of para-hydroxylation sites is 1. The molecule has 1 fully saturated rings. The number of nitrogens with two attached hydrogens (primary N) is 1. The number of hydrogen-bond donors (Lipinski definition) is 2. The Bertz CT molecular complexity index is 699. The highest BCUT2D eigenvalue weighted by Gasteiger charge is 2.20. The molecule has 3 rings (SSSR count). The van der Waals surface area contributed by atoms with Gasteiger partial charge in [-0.15, -0.1) is 0 Å². The first kappa shape index (κ1) is 16.5. The molecule has 0 radical (unpaired) electrons. The van der Waals surface area contributed by atoms with E-state index in [2.05, 4.69) is 10.2 Å². The van der Waals surface area contributed by atoms with E-state index in [1.807, 2.05) is 36.4 Å². The van der Waals surface area contributed by atoms with E-state index in [-0.39, 0.29) is 18.0 Å². The Balaban J connectivity index is 1.72. The number of rotatable bonds is 5. The summed E-state index contributed by atoms with van der Waals surface area (Å²) < 4.78 is 14.3. The predicted molar refractivity (Wildman–Crippen MR) is 94.5 cm³/mol. The van der Waals surface area contributed by atoms with Crippen molar-refractivity contribution in [2.24, 2.45) is 5.73 Å². The lowest BCUT2D eigenvalue weighted by Crippen LogP contribution is -2.24. The third kappa shape index (κ3) is 3.74. The molecule has 24 heavy (non-hydrogen) atoms. The van der Waals surface area contributed by atoms with Crippen LogP contribution in [0.5, 0.6) is 0 Å². The second-order valence-electron chi connectivity index (χ2n) is 6.10. The number of anilines is 2. The summed E-state index contributed by atoms with van der Waals surface area (Å²) in [6, 6.07) is 13.9. The van der Waals surface area contributed by atoms with Gasteiger partial charge in [-0.2, -0.15) is 0 Å². The van der Waals surface area contributed by atoms with Crippen LogP contribution in [0.3, 0.4) is 0 Å². The zero-order valence-electron chi connectivity index (χ0n) is 13.5. The van der Waals surface area contributed by atoms with Crippen LogP contribution in [0.1, 0.15) is 30.9 Å². The van der Waals surface area contributed by atoms with E-state index in [0.29, 0.717) is 0 Å². The fraction of sp³-hybridized carbons (Fsp3) is 0.316. The molecule has 1 saturated heterocycles. The van der Waals surface area contributed by atoms with E-state index in [1.165, 1.54) is 6.07 Å². The number of amides is 1. The summed E-state index contributed by atoms with van der Waals surface area (Å²) in [6.45, 7) is 1.77. The van der Waals surface area contributed by atoms with Crippen LogP contribution >= 0.6 is 0 Å². The van der Waals surface area contributed by atoms with Gasteiger partial charge in [0.1, 0.15) is 11.5 Å². The number of benzene rings is 2.